The lowest BCUT2D eigenvalue weighted by molar-refractivity contribution is 0.160. The highest BCUT2D eigenvalue weighted by molar-refractivity contribution is 5.73. The summed E-state index contributed by atoms with van der Waals surface area (Å²) in [6.45, 7) is 4.92. The molecule has 0 aliphatic carbocycles. The van der Waals surface area contributed by atoms with Crippen LogP contribution < -0.4 is 10.6 Å². The van der Waals surface area contributed by atoms with Gasteiger partial charge in [0.05, 0.1) is 6.10 Å². The third-order valence-electron chi connectivity index (χ3n) is 3.06. The summed E-state index contributed by atoms with van der Waals surface area (Å²) in [4.78, 5) is 11.6. The Morgan fingerprint density at radius 3 is 2.53 bits per heavy atom. The number of benzene rings is 1. The van der Waals surface area contributed by atoms with Crippen LogP contribution in [0.3, 0.4) is 0 Å². The first-order chi connectivity index (χ1) is 9.17. The highest BCUT2D eigenvalue weighted by Crippen LogP contribution is 2.08. The summed E-state index contributed by atoms with van der Waals surface area (Å²) in [6, 6.07) is 7.83. The Bertz CT molecular complexity index is 393. The number of amides is 2. The minimum Gasteiger partial charge on any atom is -0.391 e. The first-order valence-corrected chi connectivity index (χ1v) is 6.93. The summed E-state index contributed by atoms with van der Waals surface area (Å²) in [7, 11) is 0. The number of aryl methyl sites for hydroxylation is 1. The van der Waals surface area contributed by atoms with Gasteiger partial charge in [0.25, 0.3) is 0 Å². The van der Waals surface area contributed by atoms with Crippen molar-refractivity contribution in [1.82, 2.24) is 10.6 Å². The van der Waals surface area contributed by atoms with E-state index in [9.17, 15) is 9.90 Å². The molecule has 0 aliphatic rings. The lowest BCUT2D eigenvalue weighted by Gasteiger charge is -2.13. The third-order valence-corrected chi connectivity index (χ3v) is 3.06. The number of aliphatic hydroxyl groups is 1. The van der Waals surface area contributed by atoms with Crippen molar-refractivity contribution in [3.05, 3.63) is 35.4 Å². The van der Waals surface area contributed by atoms with E-state index in [4.69, 9.17) is 0 Å². The van der Waals surface area contributed by atoms with Gasteiger partial charge < -0.3 is 15.7 Å². The summed E-state index contributed by atoms with van der Waals surface area (Å²) in [5, 5.41) is 15.0. The Kier molecular flexibility index (Phi) is 6.97. The van der Waals surface area contributed by atoms with Gasteiger partial charge in [-0.05, 0) is 24.0 Å². The molecule has 0 saturated heterocycles. The van der Waals surface area contributed by atoms with E-state index in [0.717, 1.165) is 18.4 Å². The molecule has 1 rings (SSSR count). The summed E-state index contributed by atoms with van der Waals surface area (Å²) < 4.78 is 0. The van der Waals surface area contributed by atoms with Crippen LogP contribution >= 0.6 is 0 Å². The van der Waals surface area contributed by atoms with E-state index in [1.54, 1.807) is 0 Å². The molecule has 0 aliphatic heterocycles. The smallest absolute Gasteiger partial charge is 0.315 e. The Morgan fingerprint density at radius 1 is 1.21 bits per heavy atom. The van der Waals surface area contributed by atoms with Crippen LogP contribution in [0.2, 0.25) is 0 Å². The average molecular weight is 264 g/mol. The number of hydrogen-bond acceptors (Lipinski definition) is 2. The van der Waals surface area contributed by atoms with Crippen LogP contribution in [-0.4, -0.2) is 23.8 Å². The van der Waals surface area contributed by atoms with Crippen LogP contribution in [-0.2, 0) is 13.0 Å². The molecule has 4 nitrogen and oxygen atoms in total. The van der Waals surface area contributed by atoms with E-state index < -0.39 is 6.10 Å². The molecule has 0 aromatic heterocycles. The van der Waals surface area contributed by atoms with Crippen LogP contribution in [0.5, 0.6) is 0 Å². The van der Waals surface area contributed by atoms with Crippen LogP contribution in [0.4, 0.5) is 4.79 Å². The van der Waals surface area contributed by atoms with Crippen molar-refractivity contribution in [2.24, 2.45) is 0 Å². The summed E-state index contributed by atoms with van der Waals surface area (Å²) >= 11 is 0. The quantitative estimate of drug-likeness (QED) is 0.707. The number of carbonyl (C=O) groups excluding carboxylic acids is 1. The second-order valence-corrected chi connectivity index (χ2v) is 4.63. The van der Waals surface area contributed by atoms with Crippen LogP contribution in [0, 0.1) is 0 Å². The fraction of sp³-hybridized carbons (Fsp3) is 0.533. The zero-order chi connectivity index (χ0) is 14.1. The zero-order valence-corrected chi connectivity index (χ0v) is 11.8. The number of urea groups is 1. The highest BCUT2D eigenvalue weighted by Gasteiger charge is 2.06. The lowest BCUT2D eigenvalue weighted by atomic mass is 10.1. The van der Waals surface area contributed by atoms with Crippen molar-refractivity contribution in [2.75, 3.05) is 6.54 Å². The van der Waals surface area contributed by atoms with E-state index in [0.29, 0.717) is 19.5 Å². The molecule has 106 valence electrons. The molecule has 3 N–H and O–H groups in total. The average Bonchev–Trinajstić information content (AvgIpc) is 2.43. The highest BCUT2D eigenvalue weighted by atomic mass is 16.3. The summed E-state index contributed by atoms with van der Waals surface area (Å²) in [5.74, 6) is 0. The fourth-order valence-electron chi connectivity index (χ4n) is 1.96. The number of rotatable bonds is 7. The Hall–Kier alpha value is -1.55. The predicted octanol–water partition coefficient (Wildman–Crippen LogP) is 2.21. The van der Waals surface area contributed by atoms with Crippen LogP contribution in [0.15, 0.2) is 24.3 Å². The largest absolute Gasteiger partial charge is 0.391 e. The molecule has 2 amide bonds. The van der Waals surface area contributed by atoms with E-state index in [1.807, 2.05) is 25.1 Å². The van der Waals surface area contributed by atoms with Crippen molar-refractivity contribution in [3.8, 4) is 0 Å². The molecule has 19 heavy (non-hydrogen) atoms. The minimum absolute atomic E-state index is 0.235. The number of hydrogen-bond donors (Lipinski definition) is 3. The first kappa shape index (κ1) is 15.5. The molecule has 4 heteroatoms. The summed E-state index contributed by atoms with van der Waals surface area (Å²) in [6.07, 6.45) is 2.11. The standard InChI is InChI=1S/C15H24N2O2/c1-3-7-14(18)11-17-15(19)16-10-13-9-6-5-8-12(13)4-2/h5-6,8-9,14,18H,3-4,7,10-11H2,1-2H3,(H2,16,17,19). The SMILES string of the molecule is CCCC(O)CNC(=O)NCc1ccccc1CC. The van der Waals surface area contributed by atoms with Crippen LogP contribution in [0.1, 0.15) is 37.8 Å². The fourth-order valence-corrected chi connectivity index (χ4v) is 1.96. The van der Waals surface area contributed by atoms with Gasteiger partial charge in [-0.15, -0.1) is 0 Å². The molecule has 1 aromatic rings. The molecule has 1 aromatic carbocycles. The van der Waals surface area contributed by atoms with Crippen molar-refractivity contribution >= 4 is 6.03 Å². The third kappa shape index (κ3) is 5.75. The van der Waals surface area contributed by atoms with Crippen molar-refractivity contribution in [2.45, 2.75) is 45.8 Å². The maximum atomic E-state index is 11.6. The lowest BCUT2D eigenvalue weighted by Crippen LogP contribution is -2.39. The Morgan fingerprint density at radius 2 is 1.89 bits per heavy atom. The second-order valence-electron chi connectivity index (χ2n) is 4.63. The van der Waals surface area contributed by atoms with E-state index in [-0.39, 0.29) is 6.03 Å². The van der Waals surface area contributed by atoms with Gasteiger partial charge in [0.2, 0.25) is 0 Å². The Labute approximate surface area is 115 Å². The van der Waals surface area contributed by atoms with Crippen molar-refractivity contribution in [1.29, 1.82) is 0 Å². The molecule has 0 radical (unpaired) electrons. The molecule has 1 unspecified atom stereocenters. The molecule has 0 saturated carbocycles. The van der Waals surface area contributed by atoms with Gasteiger partial charge in [-0.3, -0.25) is 0 Å². The van der Waals surface area contributed by atoms with Gasteiger partial charge in [-0.2, -0.15) is 0 Å². The molecule has 0 heterocycles. The zero-order valence-electron chi connectivity index (χ0n) is 11.8. The van der Waals surface area contributed by atoms with E-state index >= 15 is 0 Å². The summed E-state index contributed by atoms with van der Waals surface area (Å²) in [5.41, 5.74) is 2.38. The van der Waals surface area contributed by atoms with Gasteiger partial charge in [-0.25, -0.2) is 4.79 Å². The molecule has 0 spiro atoms. The minimum atomic E-state index is -0.460. The normalized spacial score (nSPS) is 11.9. The number of carbonyl (C=O) groups is 1. The topological polar surface area (TPSA) is 61.4 Å². The van der Waals surface area contributed by atoms with Crippen molar-refractivity contribution in [3.63, 3.8) is 0 Å². The van der Waals surface area contributed by atoms with Gasteiger partial charge in [0.1, 0.15) is 0 Å². The van der Waals surface area contributed by atoms with Gasteiger partial charge >= 0.3 is 6.03 Å². The molecule has 0 fully saturated rings. The molecular weight excluding hydrogens is 240 g/mol. The van der Waals surface area contributed by atoms with E-state index in [1.165, 1.54) is 5.56 Å². The monoisotopic (exact) mass is 264 g/mol. The van der Waals surface area contributed by atoms with E-state index in [2.05, 4.69) is 23.6 Å². The van der Waals surface area contributed by atoms with Gasteiger partial charge in [-0.1, -0.05) is 44.5 Å². The van der Waals surface area contributed by atoms with Crippen LogP contribution in [0.25, 0.3) is 0 Å². The molecule has 1 atom stereocenters. The van der Waals surface area contributed by atoms with Gasteiger partial charge in [0.15, 0.2) is 0 Å². The first-order valence-electron chi connectivity index (χ1n) is 6.93. The number of nitrogens with one attached hydrogen (secondary N) is 2. The number of aliphatic hydroxyl groups excluding tert-OH is 1. The molecular formula is C15H24N2O2. The maximum absolute atomic E-state index is 11.6. The van der Waals surface area contributed by atoms with Crippen molar-refractivity contribution < 1.29 is 9.90 Å². The predicted molar refractivity (Wildman–Crippen MR) is 77.0 cm³/mol. The molecule has 0 bridgehead atoms. The maximum Gasteiger partial charge on any atom is 0.315 e. The van der Waals surface area contributed by atoms with Gasteiger partial charge in [0, 0.05) is 13.1 Å². The Balaban J connectivity index is 2.33. The second kappa shape index (κ2) is 8.53.